The zero-order valence-electron chi connectivity index (χ0n) is 12.8. The topological polar surface area (TPSA) is 41.1 Å². The van der Waals surface area contributed by atoms with Crippen molar-refractivity contribution in [2.75, 3.05) is 10.6 Å². The summed E-state index contributed by atoms with van der Waals surface area (Å²) in [7, 11) is 0. The molecule has 0 fully saturated rings. The molecule has 0 aromatic heterocycles. The van der Waals surface area contributed by atoms with Crippen molar-refractivity contribution in [3.8, 4) is 0 Å². The molecule has 2 N–H and O–H groups in total. The van der Waals surface area contributed by atoms with Crippen LogP contribution >= 0.6 is 0 Å². The molecule has 0 spiro atoms. The molecule has 1 amide bonds. The first-order valence-electron chi connectivity index (χ1n) is 7.67. The summed E-state index contributed by atoms with van der Waals surface area (Å²) in [5.41, 5.74) is 3.81. The van der Waals surface area contributed by atoms with Crippen LogP contribution < -0.4 is 10.6 Å². The number of halogens is 2. The largest absolute Gasteiger partial charge is 0.374 e. The second-order valence-electron chi connectivity index (χ2n) is 5.82. The highest BCUT2D eigenvalue weighted by atomic mass is 19.2. The van der Waals surface area contributed by atoms with Crippen molar-refractivity contribution in [3.05, 3.63) is 59.2 Å². The van der Waals surface area contributed by atoms with Crippen molar-refractivity contribution in [3.63, 3.8) is 0 Å². The number of benzene rings is 2. The van der Waals surface area contributed by atoms with E-state index in [1.807, 2.05) is 6.07 Å². The molecule has 0 saturated heterocycles. The predicted molar refractivity (Wildman–Crippen MR) is 86.5 cm³/mol. The summed E-state index contributed by atoms with van der Waals surface area (Å²) in [6.07, 6.45) is 3.35. The molecule has 0 bridgehead atoms. The molecule has 1 aliphatic carbocycles. The molecule has 0 unspecified atom stereocenters. The van der Waals surface area contributed by atoms with Crippen LogP contribution in [0, 0.1) is 11.6 Å². The highest BCUT2D eigenvalue weighted by Gasteiger charge is 2.16. The van der Waals surface area contributed by atoms with Gasteiger partial charge >= 0.3 is 0 Å². The summed E-state index contributed by atoms with van der Waals surface area (Å²) >= 11 is 0. The minimum atomic E-state index is -0.984. The quantitative estimate of drug-likeness (QED) is 0.898. The van der Waals surface area contributed by atoms with Crippen LogP contribution in [0.4, 0.5) is 20.2 Å². The first-order valence-corrected chi connectivity index (χ1v) is 7.67. The van der Waals surface area contributed by atoms with Gasteiger partial charge in [-0.1, -0.05) is 6.07 Å². The van der Waals surface area contributed by atoms with Crippen molar-refractivity contribution < 1.29 is 13.6 Å². The van der Waals surface area contributed by atoms with Crippen molar-refractivity contribution in [1.82, 2.24) is 0 Å². The summed E-state index contributed by atoms with van der Waals surface area (Å²) in [5.74, 6) is -2.23. The van der Waals surface area contributed by atoms with Gasteiger partial charge in [0, 0.05) is 17.4 Å². The van der Waals surface area contributed by atoms with Gasteiger partial charge < -0.3 is 10.6 Å². The molecule has 1 atom stereocenters. The second-order valence-corrected chi connectivity index (χ2v) is 5.82. The maximum atomic E-state index is 13.2. The van der Waals surface area contributed by atoms with Crippen molar-refractivity contribution in [2.24, 2.45) is 0 Å². The van der Waals surface area contributed by atoms with E-state index in [1.54, 1.807) is 6.92 Å². The number of aryl methyl sites for hydroxylation is 2. The van der Waals surface area contributed by atoms with Crippen LogP contribution in [0.3, 0.4) is 0 Å². The van der Waals surface area contributed by atoms with Crippen LogP contribution in [0.15, 0.2) is 36.4 Å². The number of hydrogen-bond donors (Lipinski definition) is 2. The monoisotopic (exact) mass is 316 g/mol. The highest BCUT2D eigenvalue weighted by Crippen LogP contribution is 2.25. The minimum Gasteiger partial charge on any atom is -0.374 e. The van der Waals surface area contributed by atoms with Crippen LogP contribution in [0.2, 0.25) is 0 Å². The fraction of sp³-hybridized carbons (Fsp3) is 0.278. The molecule has 1 aliphatic rings. The Labute approximate surface area is 133 Å². The molecule has 120 valence electrons. The molecule has 23 heavy (non-hydrogen) atoms. The summed E-state index contributed by atoms with van der Waals surface area (Å²) in [6.45, 7) is 1.72. The average Bonchev–Trinajstić information content (AvgIpc) is 2.98. The maximum absolute atomic E-state index is 13.2. The Morgan fingerprint density at radius 3 is 2.52 bits per heavy atom. The average molecular weight is 316 g/mol. The first-order chi connectivity index (χ1) is 11.0. The van der Waals surface area contributed by atoms with E-state index in [0.29, 0.717) is 0 Å². The fourth-order valence-electron chi connectivity index (χ4n) is 2.80. The standard InChI is InChI=1S/C18H18F2N2O/c1-11(18(23)22-15-7-8-16(19)17(20)10-15)21-14-6-5-12-3-2-4-13(12)9-14/h5-11,21H,2-4H2,1H3,(H,22,23)/t11-/m0/s1. The molecule has 2 aromatic carbocycles. The lowest BCUT2D eigenvalue weighted by Gasteiger charge is -2.16. The highest BCUT2D eigenvalue weighted by molar-refractivity contribution is 5.96. The predicted octanol–water partition coefficient (Wildman–Crippen LogP) is 3.89. The molecule has 0 radical (unpaired) electrons. The van der Waals surface area contributed by atoms with Gasteiger partial charge in [0.1, 0.15) is 6.04 Å². The number of rotatable bonds is 4. The van der Waals surface area contributed by atoms with Gasteiger partial charge in [0.05, 0.1) is 0 Å². The van der Waals surface area contributed by atoms with Crippen LogP contribution in [-0.2, 0) is 17.6 Å². The third kappa shape index (κ3) is 3.50. The molecule has 5 heteroatoms. The van der Waals surface area contributed by atoms with Gasteiger partial charge in [-0.3, -0.25) is 4.79 Å². The Morgan fingerprint density at radius 1 is 1.00 bits per heavy atom. The van der Waals surface area contributed by atoms with Gasteiger partial charge in [0.2, 0.25) is 5.91 Å². The maximum Gasteiger partial charge on any atom is 0.246 e. The fourth-order valence-corrected chi connectivity index (χ4v) is 2.80. The molecular weight excluding hydrogens is 298 g/mol. The van der Waals surface area contributed by atoms with E-state index in [-0.39, 0.29) is 11.6 Å². The molecule has 3 nitrogen and oxygen atoms in total. The van der Waals surface area contributed by atoms with Crippen LogP contribution in [0.5, 0.6) is 0 Å². The number of carbonyl (C=O) groups excluding carboxylic acids is 1. The summed E-state index contributed by atoms with van der Waals surface area (Å²) in [6, 6.07) is 8.92. The number of anilines is 2. The van der Waals surface area contributed by atoms with E-state index in [1.165, 1.54) is 23.6 Å². The molecule has 2 aromatic rings. The van der Waals surface area contributed by atoms with E-state index >= 15 is 0 Å². The Balaban J connectivity index is 1.64. The first kappa shape index (κ1) is 15.5. The van der Waals surface area contributed by atoms with Gasteiger partial charge in [0.15, 0.2) is 11.6 Å². The van der Waals surface area contributed by atoms with Crippen molar-refractivity contribution in [2.45, 2.75) is 32.2 Å². The normalized spacial score (nSPS) is 14.2. The third-order valence-electron chi connectivity index (χ3n) is 4.06. The van der Waals surface area contributed by atoms with Crippen LogP contribution in [0.1, 0.15) is 24.5 Å². The molecular formula is C18H18F2N2O. The third-order valence-corrected chi connectivity index (χ3v) is 4.06. The number of fused-ring (bicyclic) bond motifs is 1. The molecule has 0 heterocycles. The lowest BCUT2D eigenvalue weighted by Crippen LogP contribution is -2.31. The smallest absolute Gasteiger partial charge is 0.246 e. The van der Waals surface area contributed by atoms with Crippen molar-refractivity contribution >= 4 is 17.3 Å². The number of nitrogens with one attached hydrogen (secondary N) is 2. The van der Waals surface area contributed by atoms with E-state index in [9.17, 15) is 13.6 Å². The number of hydrogen-bond acceptors (Lipinski definition) is 2. The van der Waals surface area contributed by atoms with Gasteiger partial charge in [-0.15, -0.1) is 0 Å². The van der Waals surface area contributed by atoms with E-state index in [0.717, 1.165) is 30.7 Å². The zero-order valence-corrected chi connectivity index (χ0v) is 12.8. The van der Waals surface area contributed by atoms with E-state index in [4.69, 9.17) is 0 Å². The number of amides is 1. The van der Waals surface area contributed by atoms with Gasteiger partial charge in [-0.2, -0.15) is 0 Å². The van der Waals surface area contributed by atoms with Gasteiger partial charge in [-0.05, 0) is 61.6 Å². The minimum absolute atomic E-state index is 0.233. The molecule has 0 aliphatic heterocycles. The Hall–Kier alpha value is -2.43. The van der Waals surface area contributed by atoms with Crippen LogP contribution in [-0.4, -0.2) is 11.9 Å². The molecule has 3 rings (SSSR count). The zero-order chi connectivity index (χ0) is 16.4. The Kier molecular flexibility index (Phi) is 4.28. The summed E-state index contributed by atoms with van der Waals surface area (Å²) < 4.78 is 26.1. The Bertz CT molecular complexity index is 746. The van der Waals surface area contributed by atoms with Crippen LogP contribution in [0.25, 0.3) is 0 Å². The van der Waals surface area contributed by atoms with Crippen molar-refractivity contribution in [1.29, 1.82) is 0 Å². The van der Waals surface area contributed by atoms with Gasteiger partial charge in [0.25, 0.3) is 0 Å². The second kappa shape index (κ2) is 6.36. The SMILES string of the molecule is C[C@H](Nc1ccc2c(c1)CCC2)C(=O)Nc1ccc(F)c(F)c1. The summed E-state index contributed by atoms with van der Waals surface area (Å²) in [4.78, 5) is 12.2. The Morgan fingerprint density at radius 2 is 1.74 bits per heavy atom. The lowest BCUT2D eigenvalue weighted by atomic mass is 10.1. The summed E-state index contributed by atoms with van der Waals surface area (Å²) in [5, 5.41) is 5.71. The van der Waals surface area contributed by atoms with Gasteiger partial charge in [-0.25, -0.2) is 8.78 Å². The molecule has 0 saturated carbocycles. The number of carbonyl (C=O) groups is 1. The lowest BCUT2D eigenvalue weighted by molar-refractivity contribution is -0.116. The van der Waals surface area contributed by atoms with E-state index < -0.39 is 17.7 Å². The van der Waals surface area contributed by atoms with E-state index in [2.05, 4.69) is 22.8 Å².